The predicted molar refractivity (Wildman–Crippen MR) is 74.9 cm³/mol. The third kappa shape index (κ3) is 3.09. The smallest absolute Gasteiger partial charge is 0.223 e. The van der Waals surface area contributed by atoms with Crippen LogP contribution in [-0.4, -0.2) is 26.3 Å². The minimum atomic E-state index is 0.608. The van der Waals surface area contributed by atoms with Crippen molar-refractivity contribution in [1.82, 2.24) is 4.98 Å². The second-order valence-corrected chi connectivity index (χ2v) is 4.32. The second-order valence-electron chi connectivity index (χ2n) is 4.32. The Kier molecular flexibility index (Phi) is 4.24. The maximum Gasteiger partial charge on any atom is 0.223 e. The van der Waals surface area contributed by atoms with Crippen molar-refractivity contribution in [2.75, 3.05) is 26.2 Å². The maximum atomic E-state index is 11.2. The van der Waals surface area contributed by atoms with Crippen LogP contribution in [0.5, 0.6) is 11.5 Å². The first-order valence-electron chi connectivity index (χ1n) is 6.11. The van der Waals surface area contributed by atoms with Crippen LogP contribution in [0.1, 0.15) is 5.56 Å². The van der Waals surface area contributed by atoms with Crippen LogP contribution in [-0.2, 0) is 6.54 Å². The van der Waals surface area contributed by atoms with Crippen molar-refractivity contribution in [3.05, 3.63) is 47.6 Å². The molecule has 0 bridgehead atoms. The molecule has 6 heteroatoms. The van der Waals surface area contributed by atoms with Gasteiger partial charge in [-0.3, -0.25) is 0 Å². The number of ether oxygens (including phenoxy) is 2. The van der Waals surface area contributed by atoms with Crippen LogP contribution >= 0.6 is 0 Å². The number of anilines is 1. The van der Waals surface area contributed by atoms with Crippen LogP contribution < -0.4 is 19.1 Å². The normalized spacial score (nSPS) is 10.2. The van der Waals surface area contributed by atoms with Crippen LogP contribution in [0.3, 0.4) is 0 Å². The van der Waals surface area contributed by atoms with Crippen molar-refractivity contribution >= 4 is 5.82 Å². The standard InChI is InChI=1S/C14H17N3O3/c1-16(14-10-17(18)7-6-15-14)9-11-4-5-12(19-2)13(8-11)20-3/h4-8,10H,9H2,1-3H3. The van der Waals surface area contributed by atoms with Gasteiger partial charge in [-0.15, -0.1) is 0 Å². The number of hydrogen-bond donors (Lipinski definition) is 0. The number of benzene rings is 1. The highest BCUT2D eigenvalue weighted by Crippen LogP contribution is 2.28. The Morgan fingerprint density at radius 2 is 2.00 bits per heavy atom. The molecule has 1 aromatic heterocycles. The van der Waals surface area contributed by atoms with Crippen LogP contribution in [0.15, 0.2) is 36.8 Å². The SMILES string of the molecule is COc1ccc(CN(C)c2c[n+]([O-])ccn2)cc1OC. The fourth-order valence-electron chi connectivity index (χ4n) is 1.90. The molecule has 0 amide bonds. The molecule has 6 nitrogen and oxygen atoms in total. The van der Waals surface area contributed by atoms with Gasteiger partial charge in [0.1, 0.15) is 0 Å². The van der Waals surface area contributed by atoms with Crippen LogP contribution in [0.4, 0.5) is 5.82 Å². The first-order valence-corrected chi connectivity index (χ1v) is 6.11. The fraction of sp³-hybridized carbons (Fsp3) is 0.286. The highest BCUT2D eigenvalue weighted by atomic mass is 16.5. The summed E-state index contributed by atoms with van der Waals surface area (Å²) in [4.78, 5) is 6.05. The summed E-state index contributed by atoms with van der Waals surface area (Å²) in [6, 6.07) is 5.71. The van der Waals surface area contributed by atoms with Crippen molar-refractivity contribution in [2.45, 2.75) is 6.54 Å². The van der Waals surface area contributed by atoms with Gasteiger partial charge < -0.3 is 19.6 Å². The molecule has 2 aromatic rings. The van der Waals surface area contributed by atoms with Crippen molar-refractivity contribution in [3.8, 4) is 11.5 Å². The average Bonchev–Trinajstić information content (AvgIpc) is 2.47. The van der Waals surface area contributed by atoms with E-state index in [-0.39, 0.29) is 0 Å². The molecule has 1 aromatic carbocycles. The van der Waals surface area contributed by atoms with E-state index in [9.17, 15) is 5.21 Å². The fourth-order valence-corrected chi connectivity index (χ4v) is 1.90. The summed E-state index contributed by atoms with van der Waals surface area (Å²) < 4.78 is 11.2. The highest BCUT2D eigenvalue weighted by Gasteiger charge is 2.09. The predicted octanol–water partition coefficient (Wildman–Crippen LogP) is 1.37. The number of methoxy groups -OCH3 is 2. The summed E-state index contributed by atoms with van der Waals surface area (Å²) in [5.74, 6) is 1.98. The Hall–Kier alpha value is -2.50. The molecule has 0 N–H and O–H groups in total. The number of hydrogen-bond acceptors (Lipinski definition) is 5. The minimum Gasteiger partial charge on any atom is -0.619 e. The molecule has 0 aliphatic heterocycles. The lowest BCUT2D eigenvalue weighted by Gasteiger charge is -2.18. The van der Waals surface area contributed by atoms with Crippen molar-refractivity contribution in [1.29, 1.82) is 0 Å². The molecule has 20 heavy (non-hydrogen) atoms. The Morgan fingerprint density at radius 1 is 1.25 bits per heavy atom. The van der Waals surface area contributed by atoms with Gasteiger partial charge in [0.05, 0.1) is 20.4 Å². The maximum absolute atomic E-state index is 11.2. The molecule has 106 valence electrons. The summed E-state index contributed by atoms with van der Waals surface area (Å²) in [6.07, 6.45) is 4.27. The molecular formula is C14H17N3O3. The van der Waals surface area contributed by atoms with Crippen molar-refractivity contribution < 1.29 is 14.2 Å². The lowest BCUT2D eigenvalue weighted by Crippen LogP contribution is -2.28. The zero-order chi connectivity index (χ0) is 14.5. The second kappa shape index (κ2) is 6.10. The summed E-state index contributed by atoms with van der Waals surface area (Å²) in [6.45, 7) is 0.608. The van der Waals surface area contributed by atoms with E-state index < -0.39 is 0 Å². The van der Waals surface area contributed by atoms with Crippen molar-refractivity contribution in [3.63, 3.8) is 0 Å². The van der Waals surface area contributed by atoms with E-state index in [1.165, 1.54) is 18.6 Å². The third-order valence-corrected chi connectivity index (χ3v) is 2.92. The van der Waals surface area contributed by atoms with Crippen LogP contribution in [0.25, 0.3) is 0 Å². The minimum absolute atomic E-state index is 0.608. The summed E-state index contributed by atoms with van der Waals surface area (Å²) in [5, 5.41) is 11.2. The highest BCUT2D eigenvalue weighted by molar-refractivity contribution is 5.44. The molecule has 0 atom stereocenters. The first kappa shape index (κ1) is 13.9. The van der Waals surface area contributed by atoms with Gasteiger partial charge in [-0.2, -0.15) is 4.73 Å². The zero-order valence-corrected chi connectivity index (χ0v) is 11.7. The van der Waals surface area contributed by atoms with Gasteiger partial charge in [-0.1, -0.05) is 6.07 Å². The van der Waals surface area contributed by atoms with Gasteiger partial charge in [-0.05, 0) is 17.7 Å². The van der Waals surface area contributed by atoms with Gasteiger partial charge in [0, 0.05) is 13.6 Å². The first-order chi connectivity index (χ1) is 9.63. The molecule has 1 heterocycles. The molecule has 0 aliphatic carbocycles. The Bertz CT molecular complexity index is 590. The van der Waals surface area contributed by atoms with Gasteiger partial charge in [0.15, 0.2) is 23.5 Å². The topological polar surface area (TPSA) is 61.5 Å². The van der Waals surface area contributed by atoms with E-state index in [2.05, 4.69) is 4.98 Å². The van der Waals surface area contributed by atoms with Crippen LogP contribution in [0, 0.1) is 5.21 Å². The van der Waals surface area contributed by atoms with E-state index in [1.807, 2.05) is 30.1 Å². The lowest BCUT2D eigenvalue weighted by molar-refractivity contribution is -0.605. The number of nitrogens with zero attached hydrogens (tertiary/aromatic N) is 3. The van der Waals surface area contributed by atoms with E-state index in [1.54, 1.807) is 14.2 Å². The quantitative estimate of drug-likeness (QED) is 0.609. The monoisotopic (exact) mass is 275 g/mol. The Balaban J connectivity index is 2.17. The van der Waals surface area contributed by atoms with E-state index >= 15 is 0 Å². The molecule has 0 fully saturated rings. The number of rotatable bonds is 5. The average molecular weight is 275 g/mol. The molecule has 0 saturated heterocycles. The summed E-state index contributed by atoms with van der Waals surface area (Å²) in [7, 11) is 5.08. The largest absolute Gasteiger partial charge is 0.619 e. The zero-order valence-electron chi connectivity index (χ0n) is 11.7. The molecular weight excluding hydrogens is 258 g/mol. The lowest BCUT2D eigenvalue weighted by atomic mass is 10.2. The number of aromatic nitrogens is 2. The molecule has 0 spiro atoms. The summed E-state index contributed by atoms with van der Waals surface area (Å²) in [5.41, 5.74) is 1.04. The van der Waals surface area contributed by atoms with Gasteiger partial charge >= 0.3 is 0 Å². The molecule has 0 aliphatic rings. The summed E-state index contributed by atoms with van der Waals surface area (Å²) >= 11 is 0. The molecule has 0 radical (unpaired) electrons. The van der Waals surface area contributed by atoms with E-state index in [4.69, 9.17) is 9.47 Å². The van der Waals surface area contributed by atoms with E-state index in [0.29, 0.717) is 23.9 Å². The van der Waals surface area contributed by atoms with E-state index in [0.717, 1.165) is 10.3 Å². The molecule has 0 saturated carbocycles. The third-order valence-electron chi connectivity index (χ3n) is 2.92. The molecule has 0 unspecified atom stereocenters. The Labute approximate surface area is 117 Å². The van der Waals surface area contributed by atoms with Gasteiger partial charge in [0.25, 0.3) is 0 Å². The van der Waals surface area contributed by atoms with Crippen molar-refractivity contribution in [2.24, 2.45) is 0 Å². The van der Waals surface area contributed by atoms with Gasteiger partial charge in [-0.25, -0.2) is 4.98 Å². The molecule has 2 rings (SSSR count). The van der Waals surface area contributed by atoms with Crippen LogP contribution in [0.2, 0.25) is 0 Å². The van der Waals surface area contributed by atoms with Gasteiger partial charge in [0.2, 0.25) is 6.20 Å². The Morgan fingerprint density at radius 3 is 2.65 bits per heavy atom.